The minimum absolute atomic E-state index is 0.0247. The Hall–Kier alpha value is -5.24. The van der Waals surface area contributed by atoms with Gasteiger partial charge in [0.25, 0.3) is 5.91 Å². The molecule has 3 aromatic rings. The zero-order valence-corrected chi connectivity index (χ0v) is 33.4. The highest BCUT2D eigenvalue weighted by molar-refractivity contribution is 7.81. The van der Waals surface area contributed by atoms with Crippen LogP contribution in [0.5, 0.6) is 5.75 Å². The molecule has 0 saturated carbocycles. The van der Waals surface area contributed by atoms with E-state index < -0.39 is 34.6 Å². The summed E-state index contributed by atoms with van der Waals surface area (Å²) in [5.74, 6) is -2.06. The van der Waals surface area contributed by atoms with Crippen molar-refractivity contribution in [2.75, 3.05) is 42.6 Å². The molecule has 6 rings (SSSR count). The molecule has 0 aliphatic carbocycles. The van der Waals surface area contributed by atoms with Gasteiger partial charge in [-0.05, 0) is 94.2 Å². The van der Waals surface area contributed by atoms with E-state index in [1.54, 1.807) is 0 Å². The summed E-state index contributed by atoms with van der Waals surface area (Å²) in [6.45, 7) is 9.46. The number of halogens is 4. The normalized spacial score (nSPS) is 21.6. The van der Waals surface area contributed by atoms with E-state index in [2.05, 4.69) is 29.0 Å². The molecule has 3 saturated heterocycles. The average Bonchev–Trinajstić information content (AvgIpc) is 3.33. The molecule has 3 aliphatic heterocycles. The molecule has 0 spiro atoms. The molecule has 0 aromatic heterocycles. The Balaban J connectivity index is 1.01. The minimum atomic E-state index is -4.84. The molecular formula is C42H44F4N6O5S. The third kappa shape index (κ3) is 9.06. The molecule has 16 heteroatoms. The number of benzene rings is 3. The van der Waals surface area contributed by atoms with Gasteiger partial charge in [-0.15, -0.1) is 0 Å². The van der Waals surface area contributed by atoms with E-state index in [4.69, 9.17) is 17.0 Å². The van der Waals surface area contributed by atoms with Crippen LogP contribution in [0.4, 0.5) is 28.9 Å². The smallest absolute Gasteiger partial charge is 0.417 e. The van der Waals surface area contributed by atoms with Crippen LogP contribution in [0, 0.1) is 23.1 Å². The number of imide groups is 1. The molecule has 3 aliphatic rings. The summed E-state index contributed by atoms with van der Waals surface area (Å²) >= 11 is 5.57. The SMILES string of the molecule is C[C@@H]1CN(CCOc2ccc(N3C(=S)N(c4ccc(C#N)c(C(F)(F)F)c4)C(=O)C3(C)C)cc2F)C[C@H](C)N1CC(=O)Cc1cccc(CC2CCC(=O)NC2=O)c1. The first-order chi connectivity index (χ1) is 27.4. The lowest BCUT2D eigenvalue weighted by atomic mass is 9.90. The molecule has 306 valence electrons. The number of carbonyl (C=O) groups excluding carboxylic acids is 4. The molecule has 3 fully saturated rings. The molecule has 3 atom stereocenters. The van der Waals surface area contributed by atoms with Gasteiger partial charge in [-0.1, -0.05) is 24.3 Å². The third-order valence-electron chi connectivity index (χ3n) is 11.0. The molecule has 3 heterocycles. The van der Waals surface area contributed by atoms with E-state index in [-0.39, 0.29) is 77.4 Å². The van der Waals surface area contributed by atoms with Crippen molar-refractivity contribution in [1.82, 2.24) is 15.1 Å². The van der Waals surface area contributed by atoms with Crippen molar-refractivity contribution in [2.24, 2.45) is 5.92 Å². The highest BCUT2D eigenvalue weighted by atomic mass is 32.1. The van der Waals surface area contributed by atoms with Crippen molar-refractivity contribution < 1.29 is 41.5 Å². The van der Waals surface area contributed by atoms with Gasteiger partial charge in [0.1, 0.15) is 12.1 Å². The number of alkyl halides is 3. The largest absolute Gasteiger partial charge is 0.489 e. The van der Waals surface area contributed by atoms with Gasteiger partial charge in [0.2, 0.25) is 11.8 Å². The standard InChI is InChI=1S/C42H44F4N6O5S/c1-25-22-49(23-26(2)50(25)24-33(53)18-28-7-5-6-27(16-28)17-29-9-13-37(54)48-38(29)55)14-15-57-36-12-11-32(20-35(36)43)52-40(58)51(39(56)41(52,3)4)31-10-8-30(21-47)34(19-31)42(44,45)46/h5-8,10-12,16,19-20,25-26,29H,9,13-15,17-18,22-24H2,1-4H3,(H,48,54,55)/t25-,26+,29?. The van der Waals surface area contributed by atoms with Crippen LogP contribution in [-0.4, -0.2) is 88.8 Å². The number of ketones is 1. The van der Waals surface area contributed by atoms with Gasteiger partial charge in [0, 0.05) is 62.2 Å². The Morgan fingerprint density at radius 3 is 2.34 bits per heavy atom. The number of piperidine rings is 1. The Bertz CT molecular complexity index is 2160. The lowest BCUT2D eigenvalue weighted by molar-refractivity contribution is -0.138. The van der Waals surface area contributed by atoms with E-state index in [9.17, 15) is 37.6 Å². The number of rotatable bonds is 12. The van der Waals surface area contributed by atoms with Crippen molar-refractivity contribution in [1.29, 1.82) is 5.26 Å². The van der Waals surface area contributed by atoms with Crippen LogP contribution in [0.2, 0.25) is 0 Å². The average molecular weight is 821 g/mol. The van der Waals surface area contributed by atoms with Crippen LogP contribution < -0.4 is 19.9 Å². The predicted molar refractivity (Wildman–Crippen MR) is 211 cm³/mol. The summed E-state index contributed by atoms with van der Waals surface area (Å²) < 4.78 is 62.5. The first kappa shape index (κ1) is 42.4. The molecule has 11 nitrogen and oxygen atoms in total. The summed E-state index contributed by atoms with van der Waals surface area (Å²) in [7, 11) is 0. The van der Waals surface area contributed by atoms with Gasteiger partial charge in [0.15, 0.2) is 22.5 Å². The molecule has 1 N–H and O–H groups in total. The molecular weight excluding hydrogens is 777 g/mol. The lowest BCUT2D eigenvalue weighted by Crippen LogP contribution is -2.58. The van der Waals surface area contributed by atoms with Gasteiger partial charge in [-0.2, -0.15) is 18.4 Å². The first-order valence-corrected chi connectivity index (χ1v) is 19.4. The fourth-order valence-electron chi connectivity index (χ4n) is 8.02. The molecule has 3 aromatic carbocycles. The summed E-state index contributed by atoms with van der Waals surface area (Å²) in [5, 5.41) is 11.4. The van der Waals surface area contributed by atoms with Crippen molar-refractivity contribution in [3.05, 3.63) is 88.7 Å². The molecule has 58 heavy (non-hydrogen) atoms. The third-order valence-corrected chi connectivity index (χ3v) is 11.3. The number of carbonyl (C=O) groups is 4. The van der Waals surface area contributed by atoms with E-state index >= 15 is 4.39 Å². The second-order valence-electron chi connectivity index (χ2n) is 15.6. The number of piperazine rings is 1. The topological polar surface area (TPSA) is 126 Å². The Morgan fingerprint density at radius 2 is 1.69 bits per heavy atom. The van der Waals surface area contributed by atoms with E-state index in [0.717, 1.165) is 28.2 Å². The fraction of sp³-hybridized carbons (Fsp3) is 0.429. The molecule has 0 bridgehead atoms. The molecule has 3 amide bonds. The van der Waals surface area contributed by atoms with Crippen LogP contribution in [0.1, 0.15) is 62.8 Å². The van der Waals surface area contributed by atoms with Crippen molar-refractivity contribution in [2.45, 2.75) is 77.2 Å². The zero-order valence-electron chi connectivity index (χ0n) is 32.6. The van der Waals surface area contributed by atoms with E-state index in [0.29, 0.717) is 45.0 Å². The van der Waals surface area contributed by atoms with Crippen LogP contribution in [0.15, 0.2) is 60.7 Å². The second-order valence-corrected chi connectivity index (χ2v) is 16.0. The van der Waals surface area contributed by atoms with Gasteiger partial charge >= 0.3 is 6.18 Å². The number of nitrogens with one attached hydrogen (secondary N) is 1. The summed E-state index contributed by atoms with van der Waals surface area (Å²) in [6.07, 6.45) is -3.24. The minimum Gasteiger partial charge on any atom is -0.489 e. The monoisotopic (exact) mass is 820 g/mol. The highest BCUT2D eigenvalue weighted by Crippen LogP contribution is 2.40. The van der Waals surface area contributed by atoms with Gasteiger partial charge < -0.3 is 9.64 Å². The van der Waals surface area contributed by atoms with Crippen LogP contribution in [-0.2, 0) is 38.2 Å². The number of nitriles is 1. The predicted octanol–water partition coefficient (Wildman–Crippen LogP) is 5.81. The number of thiocarbonyl (C=S) groups is 1. The van der Waals surface area contributed by atoms with Crippen LogP contribution >= 0.6 is 12.2 Å². The maximum atomic E-state index is 15.5. The number of hydrogen-bond acceptors (Lipinski definition) is 9. The maximum absolute atomic E-state index is 15.5. The first-order valence-electron chi connectivity index (χ1n) is 19.0. The van der Waals surface area contributed by atoms with Gasteiger partial charge in [-0.3, -0.25) is 39.2 Å². The fourth-order valence-corrected chi connectivity index (χ4v) is 8.54. The number of hydrogen-bond donors (Lipinski definition) is 1. The number of ether oxygens (including phenoxy) is 1. The second kappa shape index (κ2) is 16.9. The Labute approximate surface area is 339 Å². The Morgan fingerprint density at radius 1 is 1.00 bits per heavy atom. The van der Waals surface area contributed by atoms with Crippen molar-refractivity contribution in [3.8, 4) is 11.8 Å². The number of amides is 3. The van der Waals surface area contributed by atoms with Gasteiger partial charge in [0.05, 0.1) is 29.4 Å². The van der Waals surface area contributed by atoms with Gasteiger partial charge in [-0.25, -0.2) is 4.39 Å². The highest BCUT2D eigenvalue weighted by Gasteiger charge is 2.51. The molecule has 0 radical (unpaired) electrons. The summed E-state index contributed by atoms with van der Waals surface area (Å²) in [5.41, 5.74) is -1.32. The quantitative estimate of drug-likeness (QED) is 0.136. The summed E-state index contributed by atoms with van der Waals surface area (Å²) in [4.78, 5) is 57.2. The Kier molecular flexibility index (Phi) is 12.4. The zero-order chi connectivity index (χ0) is 42.1. The maximum Gasteiger partial charge on any atom is 0.417 e. The van der Waals surface area contributed by atoms with Crippen molar-refractivity contribution >= 4 is 52.2 Å². The molecule has 1 unspecified atom stereocenters. The van der Waals surface area contributed by atoms with E-state index in [1.807, 2.05) is 24.3 Å². The number of Topliss-reactive ketones (excluding diaryl/α,β-unsaturated/α-hetero) is 1. The van der Waals surface area contributed by atoms with Crippen molar-refractivity contribution in [3.63, 3.8) is 0 Å². The summed E-state index contributed by atoms with van der Waals surface area (Å²) in [6, 6.07) is 16.3. The van der Waals surface area contributed by atoms with Crippen LogP contribution in [0.25, 0.3) is 0 Å². The number of nitrogens with zero attached hydrogens (tertiary/aromatic N) is 5. The number of anilines is 2. The van der Waals surface area contributed by atoms with E-state index in [1.165, 1.54) is 43.0 Å². The lowest BCUT2D eigenvalue weighted by Gasteiger charge is -2.44. The van der Waals surface area contributed by atoms with Crippen LogP contribution in [0.3, 0.4) is 0 Å².